The molecule has 0 saturated heterocycles. The topological polar surface area (TPSA) is 71.2 Å². The van der Waals surface area contributed by atoms with Crippen LogP contribution in [0.4, 0.5) is 11.5 Å². The number of pyridine rings is 1. The lowest BCUT2D eigenvalue weighted by Gasteiger charge is -2.06. The van der Waals surface area contributed by atoms with E-state index in [0.29, 0.717) is 16.7 Å². The fourth-order valence-corrected chi connectivity index (χ4v) is 1.45. The molecule has 0 unspecified atom stereocenters. The van der Waals surface area contributed by atoms with Crippen LogP contribution in [0.1, 0.15) is 19.3 Å². The number of hydrogen-bond donors (Lipinski definition) is 3. The summed E-state index contributed by atoms with van der Waals surface area (Å²) in [6.45, 7) is 1.06. The molecule has 84 valence electrons. The van der Waals surface area contributed by atoms with Crippen molar-refractivity contribution >= 4 is 23.1 Å². The van der Waals surface area contributed by atoms with Crippen LogP contribution in [0.15, 0.2) is 12.1 Å². The van der Waals surface area contributed by atoms with E-state index in [1.807, 2.05) is 0 Å². The van der Waals surface area contributed by atoms with Crippen LogP contribution in [0.25, 0.3) is 0 Å². The molecule has 0 saturated carbocycles. The summed E-state index contributed by atoms with van der Waals surface area (Å²) in [5.41, 5.74) is 6.22. The standard InChI is InChI=1S/C10H16ClN3O/c11-9-6-8(12)7-10(14-9)13-4-2-1-3-5-15/h6-7,15H,1-5H2,(H3,12,13,14). The normalized spacial score (nSPS) is 10.3. The zero-order valence-corrected chi connectivity index (χ0v) is 9.30. The SMILES string of the molecule is Nc1cc(Cl)nc(NCCCCCO)c1. The molecule has 0 fully saturated rings. The van der Waals surface area contributed by atoms with Crippen LogP contribution >= 0.6 is 11.6 Å². The van der Waals surface area contributed by atoms with Crippen molar-refractivity contribution in [1.82, 2.24) is 4.98 Å². The molecule has 0 aliphatic carbocycles. The van der Waals surface area contributed by atoms with Gasteiger partial charge in [0.2, 0.25) is 0 Å². The fraction of sp³-hybridized carbons (Fsp3) is 0.500. The number of unbranched alkanes of at least 4 members (excludes halogenated alkanes) is 2. The molecular formula is C10H16ClN3O. The first-order chi connectivity index (χ1) is 7.22. The van der Waals surface area contributed by atoms with Crippen LogP contribution in [0, 0.1) is 0 Å². The van der Waals surface area contributed by atoms with E-state index in [1.165, 1.54) is 0 Å². The molecular weight excluding hydrogens is 214 g/mol. The highest BCUT2D eigenvalue weighted by molar-refractivity contribution is 6.29. The molecule has 5 heteroatoms. The Labute approximate surface area is 94.5 Å². The predicted octanol–water partition coefficient (Wildman–Crippen LogP) is 1.89. The first-order valence-electron chi connectivity index (χ1n) is 5.00. The molecule has 1 heterocycles. The van der Waals surface area contributed by atoms with E-state index in [2.05, 4.69) is 10.3 Å². The maximum absolute atomic E-state index is 8.59. The molecule has 0 aliphatic heterocycles. The maximum atomic E-state index is 8.59. The molecule has 0 atom stereocenters. The molecule has 15 heavy (non-hydrogen) atoms. The van der Waals surface area contributed by atoms with E-state index in [1.54, 1.807) is 12.1 Å². The van der Waals surface area contributed by atoms with Crippen LogP contribution in [0.5, 0.6) is 0 Å². The van der Waals surface area contributed by atoms with Crippen molar-refractivity contribution in [2.75, 3.05) is 24.2 Å². The van der Waals surface area contributed by atoms with Crippen LogP contribution in [0.2, 0.25) is 5.15 Å². The lowest BCUT2D eigenvalue weighted by Crippen LogP contribution is -2.04. The number of aliphatic hydroxyl groups excluding tert-OH is 1. The molecule has 1 aromatic rings. The van der Waals surface area contributed by atoms with Gasteiger partial charge >= 0.3 is 0 Å². The highest BCUT2D eigenvalue weighted by Gasteiger charge is 1.97. The number of anilines is 2. The molecule has 4 nitrogen and oxygen atoms in total. The number of hydrogen-bond acceptors (Lipinski definition) is 4. The Balaban J connectivity index is 2.31. The Morgan fingerprint density at radius 2 is 2.13 bits per heavy atom. The average Bonchev–Trinajstić information content (AvgIpc) is 2.16. The molecule has 0 bridgehead atoms. The highest BCUT2D eigenvalue weighted by atomic mass is 35.5. The summed E-state index contributed by atoms with van der Waals surface area (Å²) in [6, 6.07) is 3.36. The van der Waals surface area contributed by atoms with Crippen LogP contribution < -0.4 is 11.1 Å². The lowest BCUT2D eigenvalue weighted by atomic mass is 10.2. The third-order valence-corrected chi connectivity index (χ3v) is 2.15. The van der Waals surface area contributed by atoms with Gasteiger partial charge in [-0.25, -0.2) is 4.98 Å². The van der Waals surface area contributed by atoms with Crippen LogP contribution in [-0.2, 0) is 0 Å². The van der Waals surface area contributed by atoms with E-state index in [0.717, 1.165) is 25.8 Å². The number of nitrogens with one attached hydrogen (secondary N) is 1. The molecule has 0 amide bonds. The summed E-state index contributed by atoms with van der Waals surface area (Å²) in [5.74, 6) is 0.698. The van der Waals surface area contributed by atoms with Crippen molar-refractivity contribution in [3.8, 4) is 0 Å². The smallest absolute Gasteiger partial charge is 0.133 e. The minimum Gasteiger partial charge on any atom is -0.399 e. The third-order valence-electron chi connectivity index (χ3n) is 1.96. The van der Waals surface area contributed by atoms with Crippen molar-refractivity contribution < 1.29 is 5.11 Å². The molecule has 4 N–H and O–H groups in total. The van der Waals surface area contributed by atoms with Gasteiger partial charge in [-0.05, 0) is 25.3 Å². The van der Waals surface area contributed by atoms with Gasteiger partial charge in [-0.1, -0.05) is 11.6 Å². The average molecular weight is 230 g/mol. The van der Waals surface area contributed by atoms with Crippen molar-refractivity contribution in [1.29, 1.82) is 0 Å². The van der Waals surface area contributed by atoms with E-state index in [4.69, 9.17) is 22.4 Å². The van der Waals surface area contributed by atoms with Crippen molar-refractivity contribution in [2.24, 2.45) is 0 Å². The van der Waals surface area contributed by atoms with Crippen LogP contribution in [-0.4, -0.2) is 23.2 Å². The maximum Gasteiger partial charge on any atom is 0.133 e. The number of nitrogens with two attached hydrogens (primary N) is 1. The second-order valence-electron chi connectivity index (χ2n) is 3.32. The summed E-state index contributed by atoms with van der Waals surface area (Å²) in [4.78, 5) is 4.08. The van der Waals surface area contributed by atoms with E-state index in [-0.39, 0.29) is 6.61 Å². The van der Waals surface area contributed by atoms with Crippen molar-refractivity contribution in [3.05, 3.63) is 17.3 Å². The second-order valence-corrected chi connectivity index (χ2v) is 3.71. The Kier molecular flexibility index (Phi) is 5.21. The zero-order chi connectivity index (χ0) is 11.1. The fourth-order valence-electron chi connectivity index (χ4n) is 1.24. The summed E-state index contributed by atoms with van der Waals surface area (Å²) in [5, 5.41) is 12.1. The second kappa shape index (κ2) is 6.48. The highest BCUT2D eigenvalue weighted by Crippen LogP contribution is 2.15. The van der Waals surface area contributed by atoms with Gasteiger partial charge in [-0.2, -0.15) is 0 Å². The minimum absolute atomic E-state index is 0.252. The monoisotopic (exact) mass is 229 g/mol. The van der Waals surface area contributed by atoms with E-state index in [9.17, 15) is 0 Å². The van der Waals surface area contributed by atoms with Gasteiger partial charge in [-0.15, -0.1) is 0 Å². The zero-order valence-electron chi connectivity index (χ0n) is 8.54. The number of nitrogen functional groups attached to an aromatic ring is 1. The summed E-state index contributed by atoms with van der Waals surface area (Å²) in [7, 11) is 0. The van der Waals surface area contributed by atoms with Gasteiger partial charge < -0.3 is 16.2 Å². The molecule has 1 rings (SSSR count). The van der Waals surface area contributed by atoms with Crippen molar-refractivity contribution in [2.45, 2.75) is 19.3 Å². The summed E-state index contributed by atoms with van der Waals surface area (Å²) < 4.78 is 0. The van der Waals surface area contributed by atoms with Gasteiger partial charge in [0.05, 0.1) is 0 Å². The van der Waals surface area contributed by atoms with Gasteiger partial charge in [0, 0.05) is 24.9 Å². The Morgan fingerprint density at radius 3 is 2.80 bits per heavy atom. The predicted molar refractivity (Wildman–Crippen MR) is 63.1 cm³/mol. The Morgan fingerprint density at radius 1 is 1.33 bits per heavy atom. The van der Waals surface area contributed by atoms with E-state index >= 15 is 0 Å². The largest absolute Gasteiger partial charge is 0.399 e. The molecule has 0 radical (unpaired) electrons. The number of aliphatic hydroxyl groups is 1. The molecule has 0 aromatic carbocycles. The third kappa shape index (κ3) is 4.85. The quantitative estimate of drug-likeness (QED) is 0.515. The number of aromatic nitrogens is 1. The van der Waals surface area contributed by atoms with Crippen LogP contribution in [0.3, 0.4) is 0 Å². The molecule has 0 spiro atoms. The first kappa shape index (κ1) is 12.1. The Bertz CT molecular complexity index is 286. The number of nitrogens with zero attached hydrogens (tertiary/aromatic N) is 1. The van der Waals surface area contributed by atoms with Gasteiger partial charge in [0.15, 0.2) is 0 Å². The van der Waals surface area contributed by atoms with Crippen molar-refractivity contribution in [3.63, 3.8) is 0 Å². The van der Waals surface area contributed by atoms with Gasteiger partial charge in [-0.3, -0.25) is 0 Å². The number of halogens is 1. The Hall–Kier alpha value is -1.00. The molecule has 1 aromatic heterocycles. The lowest BCUT2D eigenvalue weighted by molar-refractivity contribution is 0.283. The minimum atomic E-state index is 0.252. The van der Waals surface area contributed by atoms with E-state index < -0.39 is 0 Å². The summed E-state index contributed by atoms with van der Waals surface area (Å²) >= 11 is 5.75. The molecule has 0 aliphatic rings. The van der Waals surface area contributed by atoms with Gasteiger partial charge in [0.25, 0.3) is 0 Å². The number of rotatable bonds is 6. The first-order valence-corrected chi connectivity index (χ1v) is 5.38. The summed E-state index contributed by atoms with van der Waals surface area (Å²) in [6.07, 6.45) is 2.83. The van der Waals surface area contributed by atoms with Gasteiger partial charge in [0.1, 0.15) is 11.0 Å².